The van der Waals surface area contributed by atoms with E-state index in [9.17, 15) is 22.0 Å². The first-order chi connectivity index (χ1) is 15.6. The Balaban J connectivity index is 1.67. The van der Waals surface area contributed by atoms with Crippen LogP contribution in [0.25, 0.3) is 10.9 Å². The highest BCUT2D eigenvalue weighted by atomic mass is 32.2. The van der Waals surface area contributed by atoms with E-state index in [1.54, 1.807) is 24.4 Å². The van der Waals surface area contributed by atoms with Crippen LogP contribution in [0.5, 0.6) is 0 Å². The van der Waals surface area contributed by atoms with Crippen molar-refractivity contribution in [3.05, 3.63) is 63.7 Å². The number of alkyl halides is 2. The summed E-state index contributed by atoms with van der Waals surface area (Å²) in [6.45, 7) is 3.87. The van der Waals surface area contributed by atoms with Crippen molar-refractivity contribution < 1.29 is 17.2 Å². The predicted molar refractivity (Wildman–Crippen MR) is 122 cm³/mol. The van der Waals surface area contributed by atoms with Crippen LogP contribution in [-0.2, 0) is 16.6 Å². The zero-order valence-electron chi connectivity index (χ0n) is 18.6. The first-order valence-electron chi connectivity index (χ1n) is 11.3. The fourth-order valence-corrected chi connectivity index (χ4v) is 6.27. The van der Waals surface area contributed by atoms with Crippen molar-refractivity contribution in [2.45, 2.75) is 56.4 Å². The van der Waals surface area contributed by atoms with Crippen LogP contribution in [0, 0.1) is 12.8 Å². The summed E-state index contributed by atoms with van der Waals surface area (Å²) in [6, 6.07) is 8.26. The van der Waals surface area contributed by atoms with Crippen LogP contribution in [-0.4, -0.2) is 41.3 Å². The van der Waals surface area contributed by atoms with Crippen molar-refractivity contribution >= 4 is 20.9 Å². The topological polar surface area (TPSA) is 75.2 Å². The molecule has 176 valence electrons. The smallest absolute Gasteiger partial charge is 0.273 e. The van der Waals surface area contributed by atoms with E-state index in [0.717, 1.165) is 27.9 Å². The van der Waals surface area contributed by atoms with Gasteiger partial charge in [0.05, 0.1) is 4.90 Å². The molecule has 33 heavy (non-hydrogen) atoms. The van der Waals surface area contributed by atoms with Crippen molar-refractivity contribution in [1.82, 2.24) is 13.9 Å². The lowest BCUT2D eigenvalue weighted by Crippen LogP contribution is -2.45. The van der Waals surface area contributed by atoms with E-state index in [-0.39, 0.29) is 36.5 Å². The summed E-state index contributed by atoms with van der Waals surface area (Å²) in [5, 5.41) is 0.627. The molecule has 1 N–H and O–H groups in total. The molecule has 2 aliphatic rings. The molecule has 1 aromatic carbocycles. The minimum atomic E-state index is -4.08. The Labute approximate surface area is 191 Å². The van der Waals surface area contributed by atoms with Crippen LogP contribution >= 0.6 is 0 Å². The van der Waals surface area contributed by atoms with Gasteiger partial charge in [-0.15, -0.1) is 0 Å². The number of pyridine rings is 1. The van der Waals surface area contributed by atoms with Crippen molar-refractivity contribution in [1.29, 1.82) is 0 Å². The number of rotatable bonds is 5. The SMILES string of the molecule is Cc1ccc(S(=O)(=O)n2c(CN3CCC(F)(F)C(C)C3)cc3c(C4CC4)c[nH]c(=O)c32)cc1. The summed E-state index contributed by atoms with van der Waals surface area (Å²) in [5.74, 6) is -3.26. The van der Waals surface area contributed by atoms with Crippen LogP contribution in [0.1, 0.15) is 48.9 Å². The summed E-state index contributed by atoms with van der Waals surface area (Å²) >= 11 is 0. The van der Waals surface area contributed by atoms with Crippen molar-refractivity contribution in [2.24, 2.45) is 5.92 Å². The first-order valence-corrected chi connectivity index (χ1v) is 12.7. The van der Waals surface area contributed by atoms with Gasteiger partial charge in [0.15, 0.2) is 0 Å². The Bertz CT molecular complexity index is 1370. The van der Waals surface area contributed by atoms with Crippen molar-refractivity contribution in [3.8, 4) is 0 Å². The van der Waals surface area contributed by atoms with Gasteiger partial charge in [-0.2, -0.15) is 0 Å². The molecule has 0 radical (unpaired) electrons. The fraction of sp³-hybridized carbons (Fsp3) is 0.458. The largest absolute Gasteiger partial charge is 0.327 e. The highest BCUT2D eigenvalue weighted by Gasteiger charge is 2.41. The number of hydrogen-bond acceptors (Lipinski definition) is 4. The highest BCUT2D eigenvalue weighted by Crippen LogP contribution is 2.43. The average molecular weight is 476 g/mol. The van der Waals surface area contributed by atoms with Crippen LogP contribution in [0.2, 0.25) is 0 Å². The Hall–Kier alpha value is -2.52. The molecule has 3 heterocycles. The van der Waals surface area contributed by atoms with Gasteiger partial charge < -0.3 is 4.98 Å². The molecule has 1 saturated heterocycles. The number of aryl methyl sites for hydroxylation is 1. The Kier molecular flexibility index (Phi) is 5.25. The number of likely N-dealkylation sites (tertiary alicyclic amines) is 1. The van der Waals surface area contributed by atoms with Gasteiger partial charge in [-0.1, -0.05) is 24.6 Å². The highest BCUT2D eigenvalue weighted by molar-refractivity contribution is 7.90. The lowest BCUT2D eigenvalue weighted by Gasteiger charge is -2.36. The summed E-state index contributed by atoms with van der Waals surface area (Å²) in [7, 11) is -4.08. The number of fused-ring (bicyclic) bond motifs is 1. The summed E-state index contributed by atoms with van der Waals surface area (Å²) in [4.78, 5) is 17.6. The minimum absolute atomic E-state index is 0.0848. The zero-order valence-corrected chi connectivity index (χ0v) is 19.5. The minimum Gasteiger partial charge on any atom is -0.327 e. The zero-order chi connectivity index (χ0) is 23.5. The lowest BCUT2D eigenvalue weighted by molar-refractivity contribution is -0.100. The van der Waals surface area contributed by atoms with Gasteiger partial charge in [0.1, 0.15) is 5.52 Å². The number of halogens is 2. The molecule has 3 aromatic rings. The van der Waals surface area contributed by atoms with Gasteiger partial charge in [0.2, 0.25) is 0 Å². The average Bonchev–Trinajstić information content (AvgIpc) is 3.51. The third kappa shape index (κ3) is 3.91. The molecule has 1 atom stereocenters. The number of benzene rings is 1. The molecular formula is C24H27F2N3O3S. The predicted octanol–water partition coefficient (Wildman–Crippen LogP) is 4.23. The standard InChI is InChI=1S/C24H27F2N3O3S/c1-15-3-7-19(8-4-15)33(31,32)29-18(14-28-10-9-24(25,26)16(2)13-28)11-20-21(17-5-6-17)12-27-23(30)22(20)29/h3-4,7-8,11-12,16-17H,5-6,9-10,13-14H2,1-2H3,(H,27,30). The van der Waals surface area contributed by atoms with E-state index in [1.165, 1.54) is 19.1 Å². The van der Waals surface area contributed by atoms with Crippen LogP contribution in [0.3, 0.4) is 0 Å². The number of nitrogens with zero attached hydrogens (tertiary/aromatic N) is 2. The molecule has 2 fully saturated rings. The van der Waals surface area contributed by atoms with Gasteiger partial charge >= 0.3 is 0 Å². The quantitative estimate of drug-likeness (QED) is 0.599. The van der Waals surface area contributed by atoms with E-state index < -0.39 is 27.4 Å². The summed E-state index contributed by atoms with van der Waals surface area (Å²) in [6.07, 6.45) is 3.39. The Morgan fingerprint density at radius 1 is 1.18 bits per heavy atom. The van der Waals surface area contributed by atoms with E-state index >= 15 is 0 Å². The van der Waals surface area contributed by atoms with E-state index in [0.29, 0.717) is 17.0 Å². The van der Waals surface area contributed by atoms with Gasteiger partial charge in [-0.3, -0.25) is 9.69 Å². The molecule has 2 aromatic heterocycles. The second-order valence-corrected chi connectivity index (χ2v) is 11.3. The van der Waals surface area contributed by atoms with E-state index in [4.69, 9.17) is 0 Å². The summed E-state index contributed by atoms with van der Waals surface area (Å²) in [5.41, 5.74) is 1.90. The van der Waals surface area contributed by atoms with Gasteiger partial charge in [0, 0.05) is 49.2 Å². The van der Waals surface area contributed by atoms with Gasteiger partial charge in [-0.25, -0.2) is 21.2 Å². The molecule has 5 rings (SSSR count). The van der Waals surface area contributed by atoms with Crippen LogP contribution in [0.15, 0.2) is 46.2 Å². The number of hydrogen-bond donors (Lipinski definition) is 1. The molecule has 6 nitrogen and oxygen atoms in total. The van der Waals surface area contributed by atoms with Crippen LogP contribution in [0.4, 0.5) is 8.78 Å². The Morgan fingerprint density at radius 2 is 1.88 bits per heavy atom. The second kappa shape index (κ2) is 7.77. The first kappa shape index (κ1) is 22.3. The van der Waals surface area contributed by atoms with Crippen LogP contribution < -0.4 is 5.56 Å². The number of H-pyrrole nitrogens is 1. The third-order valence-corrected chi connectivity index (χ3v) is 8.66. The van der Waals surface area contributed by atoms with E-state index in [1.807, 2.05) is 11.8 Å². The van der Waals surface area contributed by atoms with Gasteiger partial charge in [0.25, 0.3) is 21.5 Å². The molecule has 0 bridgehead atoms. The molecule has 0 amide bonds. The Morgan fingerprint density at radius 3 is 2.52 bits per heavy atom. The van der Waals surface area contributed by atoms with Gasteiger partial charge in [-0.05, 0) is 49.4 Å². The molecule has 9 heteroatoms. The molecule has 1 aliphatic heterocycles. The van der Waals surface area contributed by atoms with Crippen molar-refractivity contribution in [2.75, 3.05) is 13.1 Å². The lowest BCUT2D eigenvalue weighted by atomic mass is 9.95. The number of aromatic nitrogens is 2. The second-order valence-electron chi connectivity index (χ2n) is 9.48. The number of aromatic amines is 1. The molecule has 1 unspecified atom stereocenters. The summed E-state index contributed by atoms with van der Waals surface area (Å²) < 4.78 is 56.7. The molecule has 1 saturated carbocycles. The molecule has 0 spiro atoms. The fourth-order valence-electron chi connectivity index (χ4n) is 4.74. The molecule has 1 aliphatic carbocycles. The molecular weight excluding hydrogens is 448 g/mol. The number of nitrogens with one attached hydrogen (secondary N) is 1. The maximum atomic E-state index is 14.0. The third-order valence-electron chi connectivity index (χ3n) is 6.89. The van der Waals surface area contributed by atoms with Crippen molar-refractivity contribution in [3.63, 3.8) is 0 Å². The maximum absolute atomic E-state index is 14.0. The monoisotopic (exact) mass is 475 g/mol. The normalized spacial score (nSPS) is 21.5. The number of piperidine rings is 1. The maximum Gasteiger partial charge on any atom is 0.273 e. The van der Waals surface area contributed by atoms with E-state index in [2.05, 4.69) is 4.98 Å².